The third-order valence-corrected chi connectivity index (χ3v) is 6.02. The Kier molecular flexibility index (Phi) is 7.12. The van der Waals surface area contributed by atoms with Gasteiger partial charge in [0.1, 0.15) is 17.3 Å². The molecule has 0 radical (unpaired) electrons. The first-order valence-corrected chi connectivity index (χ1v) is 10.8. The number of ether oxygens (including phenoxy) is 2. The van der Waals surface area contributed by atoms with Crippen LogP contribution in [-0.4, -0.2) is 77.8 Å². The molecule has 1 amide bonds. The number of nitrogens with zero attached hydrogens (tertiary/aromatic N) is 4. The minimum absolute atomic E-state index is 0.0237. The molecule has 2 heterocycles. The number of carbonyl (C=O) groups is 2. The predicted molar refractivity (Wildman–Crippen MR) is 124 cm³/mol. The molecule has 3 rings (SSSR count). The first-order chi connectivity index (χ1) is 15.6. The summed E-state index contributed by atoms with van der Waals surface area (Å²) < 4.78 is 12.6. The van der Waals surface area contributed by atoms with Crippen LogP contribution in [0, 0.1) is 13.8 Å². The maximum atomic E-state index is 13.3. The normalized spacial score (nSPS) is 17.8. The molecule has 0 unspecified atom stereocenters. The molecule has 1 aromatic heterocycles. The zero-order valence-electron chi connectivity index (χ0n) is 20.3. The maximum Gasteiger partial charge on any atom is 0.295 e. The molecule has 1 saturated heterocycles. The second kappa shape index (κ2) is 9.66. The molecule has 0 aliphatic carbocycles. The third kappa shape index (κ3) is 4.45. The molecule has 0 bridgehead atoms. The van der Waals surface area contributed by atoms with Crippen molar-refractivity contribution < 1.29 is 24.2 Å². The van der Waals surface area contributed by atoms with Crippen LogP contribution in [0.3, 0.4) is 0 Å². The number of hydrogen-bond donors (Lipinski definition) is 1. The van der Waals surface area contributed by atoms with E-state index in [1.165, 1.54) is 12.0 Å². The van der Waals surface area contributed by atoms with Crippen LogP contribution in [0.1, 0.15) is 35.0 Å². The molecule has 178 valence electrons. The summed E-state index contributed by atoms with van der Waals surface area (Å²) in [6.45, 7) is 4.65. The van der Waals surface area contributed by atoms with Crippen LogP contribution >= 0.6 is 0 Å². The lowest BCUT2D eigenvalue weighted by Crippen LogP contribution is -2.32. The van der Waals surface area contributed by atoms with Gasteiger partial charge in [0.25, 0.3) is 11.7 Å². The van der Waals surface area contributed by atoms with Gasteiger partial charge in [0.05, 0.1) is 37.1 Å². The zero-order chi connectivity index (χ0) is 24.4. The Morgan fingerprint density at radius 2 is 1.88 bits per heavy atom. The van der Waals surface area contributed by atoms with E-state index in [-0.39, 0.29) is 11.3 Å². The van der Waals surface area contributed by atoms with Crippen LogP contribution in [0.15, 0.2) is 23.8 Å². The van der Waals surface area contributed by atoms with Gasteiger partial charge in [-0.2, -0.15) is 5.10 Å². The number of ketones is 1. The van der Waals surface area contributed by atoms with Gasteiger partial charge in [0.2, 0.25) is 0 Å². The number of Topliss-reactive ketones (excluding diaryl/α,β-unsaturated/α-hetero) is 1. The largest absolute Gasteiger partial charge is 0.507 e. The van der Waals surface area contributed by atoms with Gasteiger partial charge < -0.3 is 24.4 Å². The maximum absolute atomic E-state index is 13.3. The number of rotatable bonds is 8. The van der Waals surface area contributed by atoms with E-state index in [2.05, 4.69) is 5.10 Å². The summed E-state index contributed by atoms with van der Waals surface area (Å²) in [5, 5.41) is 15.7. The van der Waals surface area contributed by atoms with Crippen molar-refractivity contribution in [3.63, 3.8) is 0 Å². The Bertz CT molecular complexity index is 1100. The Labute approximate surface area is 194 Å². The molecular weight excluding hydrogens is 424 g/mol. The molecule has 0 saturated carbocycles. The molecule has 1 aliphatic heterocycles. The van der Waals surface area contributed by atoms with E-state index in [9.17, 15) is 14.7 Å². The number of likely N-dealkylation sites (tertiary alicyclic amines) is 1. The van der Waals surface area contributed by atoms with E-state index in [0.717, 1.165) is 6.54 Å². The summed E-state index contributed by atoms with van der Waals surface area (Å²) in [5.41, 5.74) is 2.32. The average Bonchev–Trinajstić information content (AvgIpc) is 3.18. The summed E-state index contributed by atoms with van der Waals surface area (Å²) in [4.78, 5) is 30.0. The van der Waals surface area contributed by atoms with Crippen molar-refractivity contribution in [2.45, 2.75) is 26.3 Å². The van der Waals surface area contributed by atoms with Crippen LogP contribution < -0.4 is 9.47 Å². The third-order valence-electron chi connectivity index (χ3n) is 6.02. The number of benzene rings is 1. The molecular formula is C24H32N4O5. The van der Waals surface area contributed by atoms with Gasteiger partial charge in [-0.15, -0.1) is 0 Å². The first kappa shape index (κ1) is 24.3. The van der Waals surface area contributed by atoms with Crippen molar-refractivity contribution in [3.8, 4) is 11.5 Å². The van der Waals surface area contributed by atoms with Crippen LogP contribution in [0.2, 0.25) is 0 Å². The minimum atomic E-state index is -0.823. The van der Waals surface area contributed by atoms with Crippen molar-refractivity contribution in [2.75, 3.05) is 41.4 Å². The molecule has 0 spiro atoms. The van der Waals surface area contributed by atoms with E-state index in [0.29, 0.717) is 47.0 Å². The highest BCUT2D eigenvalue weighted by atomic mass is 16.5. The van der Waals surface area contributed by atoms with E-state index >= 15 is 0 Å². The number of carbonyl (C=O) groups excluding carboxylic acids is 2. The van der Waals surface area contributed by atoms with Crippen molar-refractivity contribution in [1.82, 2.24) is 19.6 Å². The lowest BCUT2D eigenvalue weighted by Gasteiger charge is -2.27. The molecule has 2 aromatic rings. The molecule has 9 nitrogen and oxygen atoms in total. The average molecular weight is 457 g/mol. The van der Waals surface area contributed by atoms with Crippen molar-refractivity contribution in [3.05, 3.63) is 46.3 Å². The predicted octanol–water partition coefficient (Wildman–Crippen LogP) is 2.43. The fraction of sp³-hybridized carbons (Fsp3) is 0.458. The monoisotopic (exact) mass is 456 g/mol. The number of aryl methyl sites for hydroxylation is 2. The molecule has 1 aliphatic rings. The van der Waals surface area contributed by atoms with Gasteiger partial charge in [-0.05, 0) is 59.1 Å². The fourth-order valence-corrected chi connectivity index (χ4v) is 4.30. The van der Waals surface area contributed by atoms with Gasteiger partial charge in [-0.25, -0.2) is 0 Å². The van der Waals surface area contributed by atoms with Crippen molar-refractivity contribution in [2.24, 2.45) is 7.05 Å². The first-order valence-electron chi connectivity index (χ1n) is 10.8. The van der Waals surface area contributed by atoms with Gasteiger partial charge in [0.15, 0.2) is 0 Å². The minimum Gasteiger partial charge on any atom is -0.507 e. The molecule has 9 heteroatoms. The molecule has 1 aromatic carbocycles. The van der Waals surface area contributed by atoms with E-state index < -0.39 is 17.7 Å². The number of aliphatic hydroxyl groups excluding tert-OH is 1. The fourth-order valence-electron chi connectivity index (χ4n) is 4.30. The lowest BCUT2D eigenvalue weighted by molar-refractivity contribution is -0.140. The highest BCUT2D eigenvalue weighted by Gasteiger charge is 2.47. The van der Waals surface area contributed by atoms with E-state index in [1.807, 2.05) is 25.9 Å². The summed E-state index contributed by atoms with van der Waals surface area (Å²) in [5.74, 6) is -0.565. The highest BCUT2D eigenvalue weighted by Crippen LogP contribution is 2.44. The summed E-state index contributed by atoms with van der Waals surface area (Å²) in [7, 11) is 8.73. The standard InChI is InChI=1S/C24H32N4O5/c1-14-19(15(2)27(5)25-14)22(29)20-21(17-13-16(32-6)9-10-18(17)33-7)28(24(31)23(20)30)12-8-11-26(3)4/h9-10,13,21,29H,8,11-12H2,1-7H3/t21-/m1/s1. The number of aromatic nitrogens is 2. The number of aliphatic hydroxyl groups is 1. The quantitative estimate of drug-likeness (QED) is 0.370. The van der Waals surface area contributed by atoms with Gasteiger partial charge in [-0.3, -0.25) is 14.3 Å². The Morgan fingerprint density at radius 1 is 1.18 bits per heavy atom. The topological polar surface area (TPSA) is 97.1 Å². The van der Waals surface area contributed by atoms with E-state index in [4.69, 9.17) is 9.47 Å². The van der Waals surface area contributed by atoms with Gasteiger partial charge in [-0.1, -0.05) is 0 Å². The second-order valence-electron chi connectivity index (χ2n) is 8.43. The molecule has 1 atom stereocenters. The highest BCUT2D eigenvalue weighted by molar-refractivity contribution is 6.46. The smallest absolute Gasteiger partial charge is 0.295 e. The van der Waals surface area contributed by atoms with Crippen molar-refractivity contribution >= 4 is 17.4 Å². The summed E-state index contributed by atoms with van der Waals surface area (Å²) >= 11 is 0. The van der Waals surface area contributed by atoms with E-state index in [1.54, 1.807) is 44.0 Å². The SMILES string of the molecule is COc1ccc(OC)c([C@@H]2C(=C(O)c3c(C)nn(C)c3C)C(=O)C(=O)N2CCCN(C)C)c1. The van der Waals surface area contributed by atoms with Gasteiger partial charge >= 0.3 is 0 Å². The number of hydrogen-bond acceptors (Lipinski definition) is 7. The molecule has 1 fully saturated rings. The van der Waals surface area contributed by atoms with Crippen LogP contribution in [0.5, 0.6) is 11.5 Å². The summed E-state index contributed by atoms with van der Waals surface area (Å²) in [6, 6.07) is 4.39. The van der Waals surface area contributed by atoms with Crippen LogP contribution in [-0.2, 0) is 16.6 Å². The second-order valence-corrected chi connectivity index (χ2v) is 8.43. The van der Waals surface area contributed by atoms with Gasteiger partial charge in [0, 0.05) is 24.8 Å². The van der Waals surface area contributed by atoms with Crippen LogP contribution in [0.4, 0.5) is 0 Å². The number of amides is 1. The zero-order valence-corrected chi connectivity index (χ0v) is 20.3. The Balaban J connectivity index is 2.25. The molecule has 33 heavy (non-hydrogen) atoms. The lowest BCUT2D eigenvalue weighted by atomic mass is 9.93. The summed E-state index contributed by atoms with van der Waals surface area (Å²) in [6.07, 6.45) is 0.661. The van der Waals surface area contributed by atoms with Crippen molar-refractivity contribution in [1.29, 1.82) is 0 Å². The van der Waals surface area contributed by atoms with Crippen LogP contribution in [0.25, 0.3) is 5.76 Å². The Hall–Kier alpha value is -3.33. The number of methoxy groups -OCH3 is 2. The molecule has 1 N–H and O–H groups in total. The Morgan fingerprint density at radius 3 is 2.42 bits per heavy atom.